The second-order valence-electron chi connectivity index (χ2n) is 10.3. The van der Waals surface area contributed by atoms with Gasteiger partial charge in [-0.2, -0.15) is 5.26 Å². The SMILES string of the molecule is Cc1cc(C(=O)N2CCN(CC(OCc3ccc(C#N)cc3)c3cccc(N4CCCC4)c3)CC2)cc(Cl)n1. The van der Waals surface area contributed by atoms with E-state index in [4.69, 9.17) is 21.6 Å². The minimum absolute atomic E-state index is 0.00557. The smallest absolute Gasteiger partial charge is 0.254 e. The van der Waals surface area contributed by atoms with Gasteiger partial charge in [-0.15, -0.1) is 0 Å². The maximum Gasteiger partial charge on any atom is 0.254 e. The molecule has 2 saturated heterocycles. The number of hydrogen-bond donors (Lipinski definition) is 0. The van der Waals surface area contributed by atoms with Crippen LogP contribution in [0.2, 0.25) is 5.15 Å². The van der Waals surface area contributed by atoms with Crippen molar-refractivity contribution in [1.82, 2.24) is 14.8 Å². The normalized spacial score (nSPS) is 16.7. The van der Waals surface area contributed by atoms with Gasteiger partial charge in [-0.05, 0) is 67.3 Å². The third-order valence-electron chi connectivity index (χ3n) is 7.50. The van der Waals surface area contributed by atoms with Gasteiger partial charge in [-0.1, -0.05) is 35.9 Å². The molecule has 2 aliphatic heterocycles. The van der Waals surface area contributed by atoms with Crippen molar-refractivity contribution in [3.8, 4) is 6.07 Å². The second-order valence-corrected chi connectivity index (χ2v) is 10.7. The van der Waals surface area contributed by atoms with E-state index in [1.54, 1.807) is 12.1 Å². The van der Waals surface area contributed by atoms with Crippen LogP contribution in [-0.4, -0.2) is 66.5 Å². The van der Waals surface area contributed by atoms with Gasteiger partial charge in [0.15, 0.2) is 0 Å². The highest BCUT2D eigenvalue weighted by atomic mass is 35.5. The van der Waals surface area contributed by atoms with Crippen LogP contribution in [-0.2, 0) is 11.3 Å². The summed E-state index contributed by atoms with van der Waals surface area (Å²) in [5, 5.41) is 9.45. The highest BCUT2D eigenvalue weighted by molar-refractivity contribution is 6.29. The number of carbonyl (C=O) groups excluding carboxylic acids is 1. The van der Waals surface area contributed by atoms with Crippen LogP contribution in [0, 0.1) is 18.3 Å². The molecule has 2 aromatic carbocycles. The van der Waals surface area contributed by atoms with E-state index in [1.807, 2.05) is 36.1 Å². The third-order valence-corrected chi connectivity index (χ3v) is 7.69. The molecular formula is C31H34ClN5O2. The van der Waals surface area contributed by atoms with Crippen molar-refractivity contribution in [1.29, 1.82) is 5.26 Å². The molecule has 3 aromatic rings. The Kier molecular flexibility index (Phi) is 8.77. The molecule has 5 rings (SSSR count). The lowest BCUT2D eigenvalue weighted by molar-refractivity contribution is 0.00344. The molecule has 0 radical (unpaired) electrons. The number of amides is 1. The first-order valence-corrected chi connectivity index (χ1v) is 14.0. The molecule has 1 atom stereocenters. The minimum Gasteiger partial charge on any atom is -0.372 e. The lowest BCUT2D eigenvalue weighted by atomic mass is 10.1. The molecule has 202 valence electrons. The van der Waals surface area contributed by atoms with Crippen molar-refractivity contribution in [2.75, 3.05) is 50.7 Å². The third kappa shape index (κ3) is 6.96. The molecule has 1 aromatic heterocycles. The Balaban J connectivity index is 1.26. The first-order valence-electron chi connectivity index (χ1n) is 13.6. The number of ether oxygens (including phenoxy) is 1. The number of benzene rings is 2. The Hall–Kier alpha value is -3.44. The molecular weight excluding hydrogens is 510 g/mol. The van der Waals surface area contributed by atoms with E-state index in [0.717, 1.165) is 49.5 Å². The number of nitriles is 1. The fraction of sp³-hybridized carbons (Fsp3) is 0.387. The lowest BCUT2D eigenvalue weighted by Gasteiger charge is -2.36. The predicted molar refractivity (Wildman–Crippen MR) is 153 cm³/mol. The summed E-state index contributed by atoms with van der Waals surface area (Å²) in [7, 11) is 0. The van der Waals surface area contributed by atoms with Gasteiger partial charge in [0.05, 0.1) is 24.3 Å². The van der Waals surface area contributed by atoms with Crippen LogP contribution < -0.4 is 4.90 Å². The van der Waals surface area contributed by atoms with Gasteiger partial charge >= 0.3 is 0 Å². The van der Waals surface area contributed by atoms with Crippen LogP contribution in [0.15, 0.2) is 60.7 Å². The fourth-order valence-corrected chi connectivity index (χ4v) is 5.58. The zero-order valence-electron chi connectivity index (χ0n) is 22.4. The largest absolute Gasteiger partial charge is 0.372 e. The molecule has 7 nitrogen and oxygen atoms in total. The van der Waals surface area contributed by atoms with E-state index in [2.05, 4.69) is 45.1 Å². The van der Waals surface area contributed by atoms with E-state index >= 15 is 0 Å². The van der Waals surface area contributed by atoms with E-state index < -0.39 is 0 Å². The van der Waals surface area contributed by atoms with Gasteiger partial charge in [0.2, 0.25) is 0 Å². The Morgan fingerprint density at radius 2 is 1.77 bits per heavy atom. The van der Waals surface area contributed by atoms with Crippen LogP contribution in [0.1, 0.15) is 51.7 Å². The molecule has 0 spiro atoms. The van der Waals surface area contributed by atoms with Gasteiger partial charge < -0.3 is 14.5 Å². The molecule has 1 amide bonds. The molecule has 2 aliphatic rings. The molecule has 0 N–H and O–H groups in total. The van der Waals surface area contributed by atoms with Gasteiger partial charge in [-0.3, -0.25) is 9.69 Å². The van der Waals surface area contributed by atoms with E-state index in [1.165, 1.54) is 18.5 Å². The van der Waals surface area contributed by atoms with Gasteiger partial charge in [0.1, 0.15) is 5.15 Å². The zero-order valence-corrected chi connectivity index (χ0v) is 23.1. The summed E-state index contributed by atoms with van der Waals surface area (Å²) in [6.07, 6.45) is 2.35. The maximum absolute atomic E-state index is 13.1. The van der Waals surface area contributed by atoms with Crippen LogP contribution in [0.4, 0.5) is 5.69 Å². The van der Waals surface area contributed by atoms with Crippen molar-refractivity contribution in [2.45, 2.75) is 32.5 Å². The summed E-state index contributed by atoms with van der Waals surface area (Å²) in [6.45, 7) is 8.07. The predicted octanol–water partition coefficient (Wildman–Crippen LogP) is 5.23. The summed E-state index contributed by atoms with van der Waals surface area (Å²) in [4.78, 5) is 24.0. The van der Waals surface area contributed by atoms with Gasteiger partial charge in [0.25, 0.3) is 5.91 Å². The summed E-state index contributed by atoms with van der Waals surface area (Å²) < 4.78 is 6.53. The number of carbonyl (C=O) groups is 1. The number of anilines is 1. The van der Waals surface area contributed by atoms with Crippen LogP contribution in [0.25, 0.3) is 0 Å². The average Bonchev–Trinajstić information content (AvgIpc) is 3.50. The van der Waals surface area contributed by atoms with E-state index in [0.29, 0.717) is 36.0 Å². The molecule has 2 fully saturated rings. The first kappa shape index (κ1) is 27.1. The quantitative estimate of drug-likeness (QED) is 0.362. The summed E-state index contributed by atoms with van der Waals surface area (Å²) >= 11 is 6.09. The Morgan fingerprint density at radius 3 is 2.46 bits per heavy atom. The number of piperazine rings is 1. The Morgan fingerprint density at radius 1 is 1.03 bits per heavy atom. The lowest BCUT2D eigenvalue weighted by Crippen LogP contribution is -2.49. The number of pyridine rings is 1. The number of nitrogens with zero attached hydrogens (tertiary/aromatic N) is 5. The first-order chi connectivity index (χ1) is 19.0. The van der Waals surface area contributed by atoms with E-state index in [-0.39, 0.29) is 12.0 Å². The Labute approximate surface area is 235 Å². The van der Waals surface area contributed by atoms with Crippen molar-refractivity contribution in [2.24, 2.45) is 0 Å². The number of aryl methyl sites for hydroxylation is 1. The zero-order chi connectivity index (χ0) is 27.2. The van der Waals surface area contributed by atoms with Crippen molar-refractivity contribution in [3.05, 3.63) is 93.8 Å². The monoisotopic (exact) mass is 543 g/mol. The highest BCUT2D eigenvalue weighted by Gasteiger charge is 2.26. The van der Waals surface area contributed by atoms with Crippen LogP contribution in [0.3, 0.4) is 0 Å². The summed E-state index contributed by atoms with van der Waals surface area (Å²) in [5.74, 6) is -0.00557. The standard InChI is InChI=1S/C31H34ClN5O2/c1-23-17-27(19-30(32)34-23)31(38)37-15-13-35(14-16-37)21-29(39-22-25-9-7-24(20-33)8-10-25)26-5-4-6-28(18-26)36-11-2-3-12-36/h4-10,17-19,29H,2-3,11-16,21-22H2,1H3. The molecule has 0 bridgehead atoms. The van der Waals surface area contributed by atoms with E-state index in [9.17, 15) is 4.79 Å². The molecule has 8 heteroatoms. The van der Waals surface area contributed by atoms with Gasteiger partial charge in [0, 0.05) is 62.8 Å². The number of halogens is 1. The Bertz CT molecular complexity index is 1310. The molecule has 0 saturated carbocycles. The molecule has 0 aliphatic carbocycles. The highest BCUT2D eigenvalue weighted by Crippen LogP contribution is 2.28. The number of aromatic nitrogens is 1. The number of rotatable bonds is 8. The van der Waals surface area contributed by atoms with Crippen LogP contribution in [0.5, 0.6) is 0 Å². The maximum atomic E-state index is 13.1. The van der Waals surface area contributed by atoms with Crippen molar-refractivity contribution in [3.63, 3.8) is 0 Å². The summed E-state index contributed by atoms with van der Waals surface area (Å²) in [6, 6.07) is 21.9. The number of hydrogen-bond acceptors (Lipinski definition) is 6. The van der Waals surface area contributed by atoms with Crippen molar-refractivity contribution >= 4 is 23.2 Å². The topological polar surface area (TPSA) is 72.7 Å². The molecule has 39 heavy (non-hydrogen) atoms. The second kappa shape index (κ2) is 12.6. The van der Waals surface area contributed by atoms with Gasteiger partial charge in [-0.25, -0.2) is 4.98 Å². The minimum atomic E-state index is -0.118. The molecule has 1 unspecified atom stereocenters. The fourth-order valence-electron chi connectivity index (χ4n) is 5.33. The van der Waals surface area contributed by atoms with Crippen LogP contribution >= 0.6 is 11.6 Å². The van der Waals surface area contributed by atoms with Crippen molar-refractivity contribution < 1.29 is 9.53 Å². The summed E-state index contributed by atoms with van der Waals surface area (Å²) in [5.41, 5.74) is 5.42. The average molecular weight is 544 g/mol. The molecule has 3 heterocycles.